The van der Waals surface area contributed by atoms with E-state index in [9.17, 15) is 9.59 Å². The zero-order chi connectivity index (χ0) is 14.9. The zero-order valence-electron chi connectivity index (χ0n) is 12.4. The maximum atomic E-state index is 12.6. The minimum Gasteiger partial charge on any atom is -0.496 e. The number of fused-ring (bicyclic) bond motifs is 1. The number of esters is 1. The normalized spacial score (nSPS) is 17.6. The van der Waals surface area contributed by atoms with Crippen LogP contribution in [0.4, 0.5) is 0 Å². The van der Waals surface area contributed by atoms with Gasteiger partial charge in [-0.25, -0.2) is 0 Å². The van der Waals surface area contributed by atoms with Crippen LogP contribution in [0.2, 0.25) is 0 Å². The average molecular weight is 276 g/mol. The van der Waals surface area contributed by atoms with Gasteiger partial charge in [-0.05, 0) is 44.7 Å². The van der Waals surface area contributed by atoms with Crippen LogP contribution in [0.3, 0.4) is 0 Å². The minimum atomic E-state index is -0.673. The summed E-state index contributed by atoms with van der Waals surface area (Å²) in [4.78, 5) is 24.5. The van der Waals surface area contributed by atoms with Crippen molar-refractivity contribution in [3.8, 4) is 5.75 Å². The number of carbonyl (C=O) groups excluding carboxylic acids is 2. The second kappa shape index (κ2) is 5.65. The lowest BCUT2D eigenvalue weighted by atomic mass is 9.79. The number of rotatable bonds is 3. The number of benzene rings is 1. The summed E-state index contributed by atoms with van der Waals surface area (Å²) in [6, 6.07) is 1.93. The lowest BCUT2D eigenvalue weighted by Crippen LogP contribution is -2.32. The van der Waals surface area contributed by atoms with Crippen molar-refractivity contribution in [2.24, 2.45) is 5.92 Å². The van der Waals surface area contributed by atoms with Crippen LogP contribution in [0.15, 0.2) is 6.07 Å². The van der Waals surface area contributed by atoms with Crippen LogP contribution < -0.4 is 4.74 Å². The maximum Gasteiger partial charge on any atom is 0.316 e. The van der Waals surface area contributed by atoms with E-state index in [0.717, 1.165) is 22.4 Å². The molecule has 0 aromatic heterocycles. The van der Waals surface area contributed by atoms with E-state index < -0.39 is 11.9 Å². The van der Waals surface area contributed by atoms with Gasteiger partial charge in [-0.15, -0.1) is 0 Å². The molecule has 2 rings (SSSR count). The first-order valence-electron chi connectivity index (χ1n) is 6.89. The highest BCUT2D eigenvalue weighted by atomic mass is 16.5. The van der Waals surface area contributed by atoms with Crippen LogP contribution in [-0.4, -0.2) is 25.5 Å². The molecule has 1 aromatic carbocycles. The molecule has 20 heavy (non-hydrogen) atoms. The largest absolute Gasteiger partial charge is 0.496 e. The number of carbonyl (C=O) groups is 2. The van der Waals surface area contributed by atoms with Crippen LogP contribution in [0, 0.1) is 19.8 Å². The van der Waals surface area contributed by atoms with Crippen molar-refractivity contribution in [1.29, 1.82) is 0 Å². The van der Waals surface area contributed by atoms with Crippen molar-refractivity contribution in [1.82, 2.24) is 0 Å². The summed E-state index contributed by atoms with van der Waals surface area (Å²) < 4.78 is 10.4. The molecule has 0 radical (unpaired) electrons. The molecule has 0 amide bonds. The smallest absolute Gasteiger partial charge is 0.316 e. The molecule has 1 aliphatic rings. The van der Waals surface area contributed by atoms with Gasteiger partial charge < -0.3 is 9.47 Å². The molecule has 0 heterocycles. The molecule has 1 unspecified atom stereocenters. The number of hydrogen-bond donors (Lipinski definition) is 0. The van der Waals surface area contributed by atoms with Gasteiger partial charge in [-0.3, -0.25) is 9.59 Å². The van der Waals surface area contributed by atoms with E-state index in [2.05, 4.69) is 0 Å². The number of ether oxygens (including phenoxy) is 2. The summed E-state index contributed by atoms with van der Waals surface area (Å²) in [5.41, 5.74) is 3.48. The number of methoxy groups -OCH3 is 1. The topological polar surface area (TPSA) is 52.6 Å². The molecule has 4 heteroatoms. The zero-order valence-corrected chi connectivity index (χ0v) is 12.4. The lowest BCUT2D eigenvalue weighted by Gasteiger charge is -2.26. The maximum absolute atomic E-state index is 12.6. The average Bonchev–Trinajstić information content (AvgIpc) is 2.39. The first-order valence-corrected chi connectivity index (χ1v) is 6.89. The Morgan fingerprint density at radius 1 is 1.35 bits per heavy atom. The second-order valence-electron chi connectivity index (χ2n) is 5.10. The molecule has 108 valence electrons. The molecule has 1 aromatic rings. The molecule has 0 saturated carbocycles. The Morgan fingerprint density at radius 3 is 2.65 bits per heavy atom. The summed E-state index contributed by atoms with van der Waals surface area (Å²) in [6.45, 7) is 5.91. The summed E-state index contributed by atoms with van der Waals surface area (Å²) in [5.74, 6) is -0.461. The van der Waals surface area contributed by atoms with Crippen LogP contribution in [-0.2, 0) is 16.0 Å². The van der Waals surface area contributed by atoms with Crippen LogP contribution in [0.25, 0.3) is 0 Å². The van der Waals surface area contributed by atoms with E-state index in [1.54, 1.807) is 14.0 Å². The molecule has 4 nitrogen and oxygen atoms in total. The third-order valence-electron chi connectivity index (χ3n) is 3.78. The Morgan fingerprint density at radius 2 is 2.05 bits per heavy atom. The SMILES string of the molecule is CCOC(=O)C1CCc2c(OC)c(C)cc(C)c2C1=O. The fourth-order valence-corrected chi connectivity index (χ4v) is 2.98. The predicted octanol–water partition coefficient (Wildman–Crippen LogP) is 2.62. The van der Waals surface area contributed by atoms with E-state index >= 15 is 0 Å². The van der Waals surface area contributed by atoms with Gasteiger partial charge in [0.25, 0.3) is 0 Å². The molecule has 0 bridgehead atoms. The first-order chi connectivity index (χ1) is 9.51. The first kappa shape index (κ1) is 14.6. The molecular weight excluding hydrogens is 256 g/mol. The van der Waals surface area contributed by atoms with Crippen molar-refractivity contribution in [2.75, 3.05) is 13.7 Å². The quantitative estimate of drug-likeness (QED) is 0.629. The van der Waals surface area contributed by atoms with E-state index in [0.29, 0.717) is 25.0 Å². The molecule has 0 aliphatic heterocycles. The Bertz CT molecular complexity index is 560. The van der Waals surface area contributed by atoms with Crippen molar-refractivity contribution in [2.45, 2.75) is 33.6 Å². The number of aryl methyl sites for hydroxylation is 2. The van der Waals surface area contributed by atoms with Gasteiger partial charge in [0.15, 0.2) is 5.78 Å². The Kier molecular flexibility index (Phi) is 4.12. The highest BCUT2D eigenvalue weighted by Crippen LogP contribution is 2.37. The fraction of sp³-hybridized carbons (Fsp3) is 0.500. The fourth-order valence-electron chi connectivity index (χ4n) is 2.98. The molecular formula is C16H20O4. The summed E-state index contributed by atoms with van der Waals surface area (Å²) in [6.07, 6.45) is 1.15. The summed E-state index contributed by atoms with van der Waals surface area (Å²) >= 11 is 0. The van der Waals surface area contributed by atoms with Gasteiger partial charge in [-0.1, -0.05) is 6.07 Å². The van der Waals surface area contributed by atoms with Crippen molar-refractivity contribution in [3.05, 3.63) is 28.3 Å². The van der Waals surface area contributed by atoms with Gasteiger partial charge >= 0.3 is 5.97 Å². The van der Waals surface area contributed by atoms with E-state index in [-0.39, 0.29) is 5.78 Å². The molecule has 0 saturated heterocycles. The molecule has 0 spiro atoms. The van der Waals surface area contributed by atoms with E-state index in [4.69, 9.17) is 9.47 Å². The highest BCUT2D eigenvalue weighted by Gasteiger charge is 2.36. The van der Waals surface area contributed by atoms with Crippen molar-refractivity contribution >= 4 is 11.8 Å². The van der Waals surface area contributed by atoms with Crippen LogP contribution in [0.1, 0.15) is 40.4 Å². The summed E-state index contributed by atoms with van der Waals surface area (Å²) in [5, 5.41) is 0. The summed E-state index contributed by atoms with van der Waals surface area (Å²) in [7, 11) is 1.61. The molecule has 1 aliphatic carbocycles. The van der Waals surface area contributed by atoms with Crippen molar-refractivity contribution < 1.29 is 19.1 Å². The van der Waals surface area contributed by atoms with Gasteiger partial charge in [0.1, 0.15) is 11.7 Å². The lowest BCUT2D eigenvalue weighted by molar-refractivity contribution is -0.146. The van der Waals surface area contributed by atoms with Crippen molar-refractivity contribution in [3.63, 3.8) is 0 Å². The third-order valence-corrected chi connectivity index (χ3v) is 3.78. The second-order valence-corrected chi connectivity index (χ2v) is 5.10. The Balaban J connectivity index is 2.47. The van der Waals surface area contributed by atoms with Gasteiger partial charge in [0, 0.05) is 11.1 Å². The monoisotopic (exact) mass is 276 g/mol. The third kappa shape index (κ3) is 2.30. The van der Waals surface area contributed by atoms with Gasteiger partial charge in [0.05, 0.1) is 13.7 Å². The van der Waals surface area contributed by atoms with Crippen LogP contribution >= 0.6 is 0 Å². The van der Waals surface area contributed by atoms with Gasteiger partial charge in [0.2, 0.25) is 0 Å². The molecule has 0 fully saturated rings. The van der Waals surface area contributed by atoms with Crippen LogP contribution in [0.5, 0.6) is 5.75 Å². The van der Waals surface area contributed by atoms with E-state index in [1.807, 2.05) is 19.9 Å². The highest BCUT2D eigenvalue weighted by molar-refractivity contribution is 6.11. The minimum absolute atomic E-state index is 0.138. The molecule has 0 N–H and O–H groups in total. The number of Topliss-reactive ketones (excluding diaryl/α,β-unsaturated/α-hetero) is 1. The Hall–Kier alpha value is -1.84. The molecule has 1 atom stereocenters. The number of ketones is 1. The van der Waals surface area contributed by atoms with E-state index in [1.165, 1.54) is 0 Å². The number of hydrogen-bond acceptors (Lipinski definition) is 4. The predicted molar refractivity (Wildman–Crippen MR) is 75.2 cm³/mol. The van der Waals surface area contributed by atoms with Gasteiger partial charge in [-0.2, -0.15) is 0 Å². The standard InChI is InChI=1S/C16H20O4/c1-5-20-16(18)12-7-6-11-13(14(12)17)9(2)8-10(3)15(11)19-4/h8,12H,5-7H2,1-4H3. The Labute approximate surface area is 119 Å².